The number of fused-ring (bicyclic) bond motifs is 1. The van der Waals surface area contributed by atoms with Crippen molar-refractivity contribution in [1.82, 2.24) is 19.6 Å². The molecule has 0 atom stereocenters. The van der Waals surface area contributed by atoms with Crippen LogP contribution >= 0.6 is 0 Å². The number of anilines is 4. The minimum atomic E-state index is -3.64. The summed E-state index contributed by atoms with van der Waals surface area (Å²) in [5.74, 6) is 0.715. The summed E-state index contributed by atoms with van der Waals surface area (Å²) in [4.78, 5) is 14.1. The molecular formula is C28H33N7O2S. The summed E-state index contributed by atoms with van der Waals surface area (Å²) < 4.78 is 28.1. The van der Waals surface area contributed by atoms with E-state index < -0.39 is 10.0 Å². The second kappa shape index (κ2) is 10.6. The standard InChI is InChI=1S/C28H33N7O2S/c1-19(2)33-38(36,37)23-7-4-6-20(18-23)24-8-5-9-25-26(24)27(29)32-28(31-25)30-21-10-12-22(13-11-21)35-16-14-34(3)15-17-35/h4-13,18-19,33H,14-17H2,1-3H3,(H3,29,30,31,32). The molecule has 1 aliphatic rings. The van der Waals surface area contributed by atoms with Crippen LogP contribution in [-0.4, -0.2) is 62.6 Å². The Bertz CT molecular complexity index is 1550. The molecule has 2 heterocycles. The number of sulfonamides is 1. The van der Waals surface area contributed by atoms with Crippen molar-refractivity contribution in [2.75, 3.05) is 49.2 Å². The Balaban J connectivity index is 1.41. The van der Waals surface area contributed by atoms with Gasteiger partial charge in [-0.3, -0.25) is 0 Å². The zero-order valence-electron chi connectivity index (χ0n) is 21.8. The average Bonchev–Trinajstić information content (AvgIpc) is 2.89. The highest BCUT2D eigenvalue weighted by Gasteiger charge is 2.18. The first-order valence-electron chi connectivity index (χ1n) is 12.7. The summed E-state index contributed by atoms with van der Waals surface area (Å²) in [5.41, 5.74) is 10.7. The fourth-order valence-electron chi connectivity index (χ4n) is 4.67. The molecule has 0 amide bonds. The van der Waals surface area contributed by atoms with Gasteiger partial charge in [-0.25, -0.2) is 18.1 Å². The molecule has 1 aromatic heterocycles. The molecule has 198 valence electrons. The van der Waals surface area contributed by atoms with Crippen LogP contribution in [0.2, 0.25) is 0 Å². The Morgan fingerprint density at radius 1 is 0.921 bits per heavy atom. The molecule has 38 heavy (non-hydrogen) atoms. The number of likely N-dealkylation sites (N-methyl/N-ethyl adjacent to an activating group) is 1. The van der Waals surface area contributed by atoms with Crippen molar-refractivity contribution in [1.29, 1.82) is 0 Å². The minimum absolute atomic E-state index is 0.193. The molecule has 0 bridgehead atoms. The van der Waals surface area contributed by atoms with Crippen molar-refractivity contribution in [3.63, 3.8) is 0 Å². The van der Waals surface area contributed by atoms with E-state index in [1.54, 1.807) is 32.0 Å². The highest BCUT2D eigenvalue weighted by Crippen LogP contribution is 2.33. The zero-order chi connectivity index (χ0) is 26.9. The van der Waals surface area contributed by atoms with E-state index in [1.807, 2.05) is 36.4 Å². The Morgan fingerprint density at radius 2 is 1.63 bits per heavy atom. The first kappa shape index (κ1) is 25.9. The molecule has 0 unspecified atom stereocenters. The van der Waals surface area contributed by atoms with Gasteiger partial charge in [-0.05, 0) is 74.5 Å². The number of hydrogen-bond donors (Lipinski definition) is 3. The summed E-state index contributed by atoms with van der Waals surface area (Å²) in [6.07, 6.45) is 0. The van der Waals surface area contributed by atoms with Crippen molar-refractivity contribution in [3.05, 3.63) is 66.7 Å². The Kier molecular flexibility index (Phi) is 7.20. The first-order chi connectivity index (χ1) is 18.2. The Labute approximate surface area is 223 Å². The van der Waals surface area contributed by atoms with E-state index in [2.05, 4.69) is 44.0 Å². The summed E-state index contributed by atoms with van der Waals surface area (Å²) in [6, 6.07) is 20.5. The number of nitrogens with zero attached hydrogens (tertiary/aromatic N) is 4. The fraction of sp³-hybridized carbons (Fsp3) is 0.286. The number of nitrogen functional groups attached to an aromatic ring is 1. The van der Waals surface area contributed by atoms with Gasteiger partial charge < -0.3 is 20.9 Å². The summed E-state index contributed by atoms with van der Waals surface area (Å²) >= 11 is 0. The molecule has 1 aliphatic heterocycles. The van der Waals surface area contributed by atoms with Crippen LogP contribution in [0.4, 0.5) is 23.1 Å². The van der Waals surface area contributed by atoms with Crippen LogP contribution < -0.4 is 20.7 Å². The molecule has 1 fully saturated rings. The molecule has 10 heteroatoms. The van der Waals surface area contributed by atoms with E-state index in [0.29, 0.717) is 22.7 Å². The third-order valence-corrected chi connectivity index (χ3v) is 8.25. The van der Waals surface area contributed by atoms with Crippen molar-refractivity contribution >= 4 is 44.1 Å². The van der Waals surface area contributed by atoms with Crippen LogP contribution in [0.25, 0.3) is 22.0 Å². The van der Waals surface area contributed by atoms with Crippen molar-refractivity contribution in [3.8, 4) is 11.1 Å². The molecule has 1 saturated heterocycles. The lowest BCUT2D eigenvalue weighted by Gasteiger charge is -2.34. The molecule has 4 aromatic rings. The number of nitrogens with two attached hydrogens (primary N) is 1. The van der Waals surface area contributed by atoms with Gasteiger partial charge in [0.1, 0.15) is 5.82 Å². The van der Waals surface area contributed by atoms with Crippen LogP contribution in [-0.2, 0) is 10.0 Å². The zero-order valence-corrected chi connectivity index (χ0v) is 22.7. The fourth-order valence-corrected chi connectivity index (χ4v) is 5.96. The lowest BCUT2D eigenvalue weighted by atomic mass is 10.0. The predicted molar refractivity (Wildman–Crippen MR) is 154 cm³/mol. The number of benzene rings is 3. The van der Waals surface area contributed by atoms with E-state index in [1.165, 1.54) is 5.69 Å². The van der Waals surface area contributed by atoms with Crippen LogP contribution in [0.3, 0.4) is 0 Å². The quantitative estimate of drug-likeness (QED) is 0.327. The Morgan fingerprint density at radius 3 is 2.34 bits per heavy atom. The molecule has 0 spiro atoms. The van der Waals surface area contributed by atoms with Crippen LogP contribution in [0.15, 0.2) is 71.6 Å². The molecule has 5 rings (SSSR count). The second-order valence-corrected chi connectivity index (χ2v) is 11.6. The number of aromatic nitrogens is 2. The Hall–Kier alpha value is -3.73. The maximum absolute atomic E-state index is 12.7. The van der Waals surface area contributed by atoms with Gasteiger partial charge in [0.15, 0.2) is 0 Å². The van der Waals surface area contributed by atoms with Crippen molar-refractivity contribution in [2.24, 2.45) is 0 Å². The smallest absolute Gasteiger partial charge is 0.240 e. The monoisotopic (exact) mass is 531 g/mol. The minimum Gasteiger partial charge on any atom is -0.383 e. The number of rotatable bonds is 7. The highest BCUT2D eigenvalue weighted by molar-refractivity contribution is 7.89. The molecule has 9 nitrogen and oxygen atoms in total. The van der Waals surface area contributed by atoms with Gasteiger partial charge in [0.2, 0.25) is 16.0 Å². The maximum atomic E-state index is 12.7. The average molecular weight is 532 g/mol. The molecular weight excluding hydrogens is 498 g/mol. The maximum Gasteiger partial charge on any atom is 0.240 e. The summed E-state index contributed by atoms with van der Waals surface area (Å²) in [6.45, 7) is 7.72. The summed E-state index contributed by atoms with van der Waals surface area (Å²) in [5, 5.41) is 3.94. The SMILES string of the molecule is CC(C)NS(=O)(=O)c1cccc(-c2cccc3nc(Nc4ccc(N5CCN(C)CC5)cc4)nc(N)c23)c1. The molecule has 0 radical (unpaired) electrons. The molecule has 0 saturated carbocycles. The van der Waals surface area contributed by atoms with E-state index in [4.69, 9.17) is 10.7 Å². The van der Waals surface area contributed by atoms with Crippen LogP contribution in [0, 0.1) is 0 Å². The van der Waals surface area contributed by atoms with Gasteiger partial charge in [0, 0.05) is 43.6 Å². The topological polar surface area (TPSA) is 116 Å². The van der Waals surface area contributed by atoms with Gasteiger partial charge in [-0.1, -0.05) is 24.3 Å². The van der Waals surface area contributed by atoms with Gasteiger partial charge >= 0.3 is 0 Å². The third kappa shape index (κ3) is 5.57. The lowest BCUT2D eigenvalue weighted by Crippen LogP contribution is -2.44. The first-order valence-corrected chi connectivity index (χ1v) is 14.2. The summed E-state index contributed by atoms with van der Waals surface area (Å²) in [7, 11) is -1.49. The highest BCUT2D eigenvalue weighted by atomic mass is 32.2. The molecule has 4 N–H and O–H groups in total. The van der Waals surface area contributed by atoms with Crippen molar-refractivity contribution < 1.29 is 8.42 Å². The third-order valence-electron chi connectivity index (χ3n) is 6.59. The van der Waals surface area contributed by atoms with E-state index in [0.717, 1.165) is 43.0 Å². The normalized spacial score (nSPS) is 14.8. The van der Waals surface area contributed by atoms with Crippen LogP contribution in [0.1, 0.15) is 13.8 Å². The van der Waals surface area contributed by atoms with Gasteiger partial charge in [0.05, 0.1) is 15.8 Å². The number of nitrogens with one attached hydrogen (secondary N) is 2. The lowest BCUT2D eigenvalue weighted by molar-refractivity contribution is 0.313. The predicted octanol–water partition coefficient (Wildman–Crippen LogP) is 4.06. The van der Waals surface area contributed by atoms with Crippen LogP contribution in [0.5, 0.6) is 0 Å². The number of piperazine rings is 1. The van der Waals surface area contributed by atoms with Gasteiger partial charge in [0.25, 0.3) is 0 Å². The van der Waals surface area contributed by atoms with E-state index >= 15 is 0 Å². The van der Waals surface area contributed by atoms with E-state index in [-0.39, 0.29) is 10.9 Å². The van der Waals surface area contributed by atoms with Crippen molar-refractivity contribution in [2.45, 2.75) is 24.8 Å². The van der Waals surface area contributed by atoms with E-state index in [9.17, 15) is 8.42 Å². The van der Waals surface area contributed by atoms with Gasteiger partial charge in [-0.15, -0.1) is 0 Å². The number of hydrogen-bond acceptors (Lipinski definition) is 8. The largest absolute Gasteiger partial charge is 0.383 e. The second-order valence-electron chi connectivity index (χ2n) is 9.90. The molecule has 0 aliphatic carbocycles. The molecule has 3 aromatic carbocycles. The van der Waals surface area contributed by atoms with Gasteiger partial charge in [-0.2, -0.15) is 4.98 Å².